The second kappa shape index (κ2) is 9.03. The molecule has 1 N–H and O–H groups in total. The Balaban J connectivity index is 2.71. The zero-order valence-corrected chi connectivity index (χ0v) is 12.9. The molecule has 21 heavy (non-hydrogen) atoms. The summed E-state index contributed by atoms with van der Waals surface area (Å²) in [5.74, 6) is -0.207. The first kappa shape index (κ1) is 17.1. The number of ether oxygens (including phenoxy) is 1. The molecule has 0 fully saturated rings. The van der Waals surface area contributed by atoms with Gasteiger partial charge >= 0.3 is 5.97 Å². The Labute approximate surface area is 128 Å². The molecule has 1 rings (SSSR count). The summed E-state index contributed by atoms with van der Waals surface area (Å²) in [6.07, 6.45) is 1.54. The van der Waals surface area contributed by atoms with Crippen LogP contribution >= 0.6 is 11.8 Å². The van der Waals surface area contributed by atoms with Gasteiger partial charge in [-0.1, -0.05) is 18.2 Å². The lowest BCUT2D eigenvalue weighted by Crippen LogP contribution is -2.43. The average molecular weight is 306 g/mol. The molecule has 5 nitrogen and oxygen atoms in total. The van der Waals surface area contributed by atoms with E-state index in [-0.39, 0.29) is 5.91 Å². The van der Waals surface area contributed by atoms with E-state index in [1.807, 2.05) is 18.4 Å². The number of carbonyl (C=O) groups excluding carboxylic acids is 2. The summed E-state index contributed by atoms with van der Waals surface area (Å²) in [5.41, 5.74) is 0.479. The second-order valence-corrected chi connectivity index (χ2v) is 5.37. The number of nitriles is 1. The number of esters is 1. The van der Waals surface area contributed by atoms with E-state index in [9.17, 15) is 9.59 Å². The van der Waals surface area contributed by atoms with E-state index in [0.717, 1.165) is 0 Å². The van der Waals surface area contributed by atoms with Crippen LogP contribution in [0.5, 0.6) is 0 Å². The third kappa shape index (κ3) is 5.88. The van der Waals surface area contributed by atoms with Gasteiger partial charge < -0.3 is 10.1 Å². The molecule has 1 amide bonds. The number of rotatable bonds is 7. The zero-order valence-electron chi connectivity index (χ0n) is 12.0. The molecule has 1 aromatic rings. The first-order chi connectivity index (χ1) is 10.1. The first-order valence-electron chi connectivity index (χ1n) is 6.53. The molecule has 6 heteroatoms. The molecule has 0 aliphatic rings. The summed E-state index contributed by atoms with van der Waals surface area (Å²) in [5, 5.41) is 11.3. The van der Waals surface area contributed by atoms with Crippen LogP contribution in [0, 0.1) is 11.3 Å². The summed E-state index contributed by atoms with van der Waals surface area (Å²) >= 11 is 1.57. The SMILES string of the molecule is CSCC[C@H](NC(=O)c1ccccc1)C(=O)O[C@H](C)C#N. The highest BCUT2D eigenvalue weighted by molar-refractivity contribution is 7.98. The van der Waals surface area contributed by atoms with Crippen LogP contribution in [-0.2, 0) is 9.53 Å². The Kier molecular flexibility index (Phi) is 7.33. The van der Waals surface area contributed by atoms with Crippen molar-refractivity contribution in [2.75, 3.05) is 12.0 Å². The van der Waals surface area contributed by atoms with E-state index < -0.39 is 18.1 Å². The largest absolute Gasteiger partial charge is 0.446 e. The van der Waals surface area contributed by atoms with Crippen LogP contribution in [0.2, 0.25) is 0 Å². The van der Waals surface area contributed by atoms with Gasteiger partial charge in [-0.3, -0.25) is 4.79 Å². The van der Waals surface area contributed by atoms with Crippen LogP contribution in [0.4, 0.5) is 0 Å². The van der Waals surface area contributed by atoms with Gasteiger partial charge in [0.25, 0.3) is 5.91 Å². The van der Waals surface area contributed by atoms with Crippen molar-refractivity contribution in [2.24, 2.45) is 0 Å². The highest BCUT2D eigenvalue weighted by atomic mass is 32.2. The maximum absolute atomic E-state index is 12.1. The number of hydrogen-bond acceptors (Lipinski definition) is 5. The Bertz CT molecular complexity index is 513. The molecule has 0 bridgehead atoms. The lowest BCUT2D eigenvalue weighted by molar-refractivity contribution is -0.148. The highest BCUT2D eigenvalue weighted by Crippen LogP contribution is 2.06. The molecule has 0 spiro atoms. The summed E-state index contributed by atoms with van der Waals surface area (Å²) in [7, 11) is 0. The number of amides is 1. The van der Waals surface area contributed by atoms with E-state index in [1.165, 1.54) is 6.92 Å². The predicted octanol–water partition coefficient (Wildman–Crippen LogP) is 1.99. The van der Waals surface area contributed by atoms with E-state index in [2.05, 4.69) is 5.32 Å². The maximum atomic E-state index is 12.1. The van der Waals surface area contributed by atoms with Crippen molar-refractivity contribution in [3.05, 3.63) is 35.9 Å². The Morgan fingerprint density at radius 3 is 2.62 bits per heavy atom. The number of nitrogens with zero attached hydrogens (tertiary/aromatic N) is 1. The van der Waals surface area contributed by atoms with Gasteiger partial charge in [0.1, 0.15) is 12.1 Å². The van der Waals surface area contributed by atoms with E-state index >= 15 is 0 Å². The molecule has 0 aromatic heterocycles. The van der Waals surface area contributed by atoms with Gasteiger partial charge in [-0.15, -0.1) is 0 Å². The molecule has 0 radical (unpaired) electrons. The smallest absolute Gasteiger partial charge is 0.329 e. The molecule has 1 aromatic carbocycles. The van der Waals surface area contributed by atoms with Crippen LogP contribution in [0.15, 0.2) is 30.3 Å². The fourth-order valence-electron chi connectivity index (χ4n) is 1.60. The number of hydrogen-bond donors (Lipinski definition) is 1. The van der Waals surface area contributed by atoms with Crippen molar-refractivity contribution >= 4 is 23.6 Å². The van der Waals surface area contributed by atoms with Gasteiger partial charge in [0.2, 0.25) is 0 Å². The topological polar surface area (TPSA) is 79.2 Å². The molecular weight excluding hydrogens is 288 g/mol. The van der Waals surface area contributed by atoms with Crippen LogP contribution in [0.1, 0.15) is 23.7 Å². The number of nitrogens with one attached hydrogen (secondary N) is 1. The van der Waals surface area contributed by atoms with Crippen molar-refractivity contribution in [3.8, 4) is 6.07 Å². The van der Waals surface area contributed by atoms with E-state index in [1.54, 1.807) is 36.0 Å². The van der Waals surface area contributed by atoms with Crippen molar-refractivity contribution in [1.29, 1.82) is 5.26 Å². The molecule has 0 saturated carbocycles. The molecular formula is C15H18N2O3S. The van der Waals surface area contributed by atoms with Crippen LogP contribution in [-0.4, -0.2) is 36.0 Å². The standard InChI is InChI=1S/C15H18N2O3S/c1-11(10-16)20-15(19)13(8-9-21-2)17-14(18)12-6-4-3-5-7-12/h3-7,11,13H,8-9H2,1-2H3,(H,17,18)/t11-,13+/m1/s1. The van der Waals surface area contributed by atoms with Crippen molar-refractivity contribution in [2.45, 2.75) is 25.5 Å². The number of thioether (sulfide) groups is 1. The van der Waals surface area contributed by atoms with E-state index in [4.69, 9.17) is 10.00 Å². The third-order valence-corrected chi connectivity index (χ3v) is 3.36. The van der Waals surface area contributed by atoms with Gasteiger partial charge in [0, 0.05) is 5.56 Å². The Morgan fingerprint density at radius 1 is 1.38 bits per heavy atom. The molecule has 0 aliphatic carbocycles. The van der Waals surface area contributed by atoms with Gasteiger partial charge in [0.05, 0.1) is 0 Å². The molecule has 0 heterocycles. The Hall–Kier alpha value is -2.00. The summed E-state index contributed by atoms with van der Waals surface area (Å²) in [6, 6.07) is 9.74. The Morgan fingerprint density at radius 2 is 2.05 bits per heavy atom. The predicted molar refractivity (Wildman–Crippen MR) is 81.9 cm³/mol. The summed E-state index contributed by atoms with van der Waals surface area (Å²) < 4.78 is 4.97. The molecule has 0 unspecified atom stereocenters. The third-order valence-electron chi connectivity index (χ3n) is 2.71. The first-order valence-corrected chi connectivity index (χ1v) is 7.92. The molecule has 112 valence electrons. The minimum Gasteiger partial charge on any atom is -0.446 e. The lowest BCUT2D eigenvalue weighted by atomic mass is 10.1. The molecule has 0 aliphatic heterocycles. The zero-order chi connectivity index (χ0) is 15.7. The average Bonchev–Trinajstić information content (AvgIpc) is 2.51. The fourth-order valence-corrected chi connectivity index (χ4v) is 2.07. The minimum atomic E-state index is -0.831. The van der Waals surface area contributed by atoms with Gasteiger partial charge in [-0.25, -0.2) is 4.79 Å². The van der Waals surface area contributed by atoms with Gasteiger partial charge in [0.15, 0.2) is 6.10 Å². The summed E-state index contributed by atoms with van der Waals surface area (Å²) in [4.78, 5) is 24.1. The molecule has 0 saturated heterocycles. The maximum Gasteiger partial charge on any atom is 0.329 e. The van der Waals surface area contributed by atoms with Crippen LogP contribution < -0.4 is 5.32 Å². The van der Waals surface area contributed by atoms with Crippen molar-refractivity contribution in [3.63, 3.8) is 0 Å². The van der Waals surface area contributed by atoms with E-state index in [0.29, 0.717) is 17.7 Å². The van der Waals surface area contributed by atoms with Crippen LogP contribution in [0.25, 0.3) is 0 Å². The quantitative estimate of drug-likeness (QED) is 0.779. The lowest BCUT2D eigenvalue weighted by Gasteiger charge is -2.18. The second-order valence-electron chi connectivity index (χ2n) is 4.38. The van der Waals surface area contributed by atoms with Gasteiger partial charge in [-0.2, -0.15) is 17.0 Å². The number of benzene rings is 1. The monoisotopic (exact) mass is 306 g/mol. The highest BCUT2D eigenvalue weighted by Gasteiger charge is 2.24. The molecule has 2 atom stereocenters. The minimum absolute atomic E-state index is 0.330. The summed E-state index contributed by atoms with van der Waals surface area (Å²) in [6.45, 7) is 1.49. The number of carbonyl (C=O) groups is 2. The van der Waals surface area contributed by atoms with Gasteiger partial charge in [-0.05, 0) is 37.5 Å². The normalized spacial score (nSPS) is 12.8. The fraction of sp³-hybridized carbons (Fsp3) is 0.400. The van der Waals surface area contributed by atoms with Crippen molar-refractivity contribution < 1.29 is 14.3 Å². The van der Waals surface area contributed by atoms with Crippen LogP contribution in [0.3, 0.4) is 0 Å². The van der Waals surface area contributed by atoms with Crippen molar-refractivity contribution in [1.82, 2.24) is 5.32 Å².